The lowest BCUT2D eigenvalue weighted by molar-refractivity contribution is 0.0956. The average Bonchev–Trinajstić information content (AvgIpc) is 2.93. The van der Waals surface area contributed by atoms with Crippen LogP contribution in [0.25, 0.3) is 0 Å². The molecule has 2 aromatic rings. The first-order chi connectivity index (χ1) is 10.2. The number of piperazine rings is 1. The summed E-state index contributed by atoms with van der Waals surface area (Å²) in [6, 6.07) is 11.2. The molecular formula is C16H22N4O. The maximum atomic E-state index is 5.03. The second kappa shape index (κ2) is 6.37. The van der Waals surface area contributed by atoms with E-state index in [2.05, 4.69) is 57.2 Å². The third-order valence-electron chi connectivity index (χ3n) is 4.17. The fraction of sp³-hybridized carbons (Fsp3) is 0.500. The van der Waals surface area contributed by atoms with Crippen LogP contribution in [0.5, 0.6) is 0 Å². The number of hydrogen-bond donors (Lipinski definition) is 0. The molecule has 0 aliphatic carbocycles. The molecule has 0 bridgehead atoms. The topological polar surface area (TPSA) is 45.4 Å². The van der Waals surface area contributed by atoms with E-state index in [1.54, 1.807) is 0 Å². The van der Waals surface area contributed by atoms with Gasteiger partial charge in [-0.15, -0.1) is 0 Å². The van der Waals surface area contributed by atoms with Crippen LogP contribution in [0.4, 0.5) is 0 Å². The minimum Gasteiger partial charge on any atom is -0.340 e. The Morgan fingerprint density at radius 2 is 1.86 bits per heavy atom. The lowest BCUT2D eigenvalue weighted by Crippen LogP contribution is -2.46. The monoisotopic (exact) mass is 286 g/mol. The van der Waals surface area contributed by atoms with Gasteiger partial charge in [-0.3, -0.25) is 9.80 Å². The molecule has 0 radical (unpaired) electrons. The highest BCUT2D eigenvalue weighted by molar-refractivity contribution is 5.18. The highest BCUT2D eigenvalue weighted by Crippen LogP contribution is 2.21. The van der Waals surface area contributed by atoms with E-state index in [0.29, 0.717) is 11.9 Å². The molecule has 1 fully saturated rings. The Kier molecular flexibility index (Phi) is 4.31. The van der Waals surface area contributed by atoms with Gasteiger partial charge in [-0.25, -0.2) is 0 Å². The first kappa shape index (κ1) is 14.2. The zero-order chi connectivity index (χ0) is 14.7. The van der Waals surface area contributed by atoms with Gasteiger partial charge in [0.25, 0.3) is 0 Å². The Morgan fingerprint density at radius 1 is 1.14 bits per heavy atom. The largest absolute Gasteiger partial charge is 0.340 e. The Labute approximate surface area is 125 Å². The third-order valence-corrected chi connectivity index (χ3v) is 4.17. The van der Waals surface area contributed by atoms with Crippen LogP contribution in [-0.2, 0) is 6.54 Å². The van der Waals surface area contributed by atoms with Gasteiger partial charge in [0.2, 0.25) is 5.89 Å². The van der Waals surface area contributed by atoms with Crippen LogP contribution in [0.2, 0.25) is 0 Å². The molecule has 2 heterocycles. The van der Waals surface area contributed by atoms with E-state index in [1.807, 2.05) is 6.92 Å². The van der Waals surface area contributed by atoms with Gasteiger partial charge in [-0.1, -0.05) is 35.5 Å². The number of hydrogen-bond acceptors (Lipinski definition) is 5. The first-order valence-corrected chi connectivity index (χ1v) is 7.53. The smallest absolute Gasteiger partial charge is 0.223 e. The zero-order valence-corrected chi connectivity index (χ0v) is 12.7. The molecule has 1 aromatic carbocycles. The molecular weight excluding hydrogens is 264 g/mol. The van der Waals surface area contributed by atoms with E-state index in [1.165, 1.54) is 5.56 Å². The summed E-state index contributed by atoms with van der Waals surface area (Å²) in [5.41, 5.74) is 1.39. The maximum Gasteiger partial charge on any atom is 0.223 e. The van der Waals surface area contributed by atoms with Gasteiger partial charge in [0.15, 0.2) is 5.82 Å². The predicted molar refractivity (Wildman–Crippen MR) is 80.7 cm³/mol. The van der Waals surface area contributed by atoms with Crippen molar-refractivity contribution in [3.63, 3.8) is 0 Å². The van der Waals surface area contributed by atoms with Gasteiger partial charge in [-0.05, 0) is 12.5 Å². The summed E-state index contributed by atoms with van der Waals surface area (Å²) in [4.78, 5) is 9.20. The highest BCUT2D eigenvalue weighted by atomic mass is 16.5. The van der Waals surface area contributed by atoms with Crippen molar-refractivity contribution in [3.8, 4) is 0 Å². The van der Waals surface area contributed by atoms with Gasteiger partial charge in [0.05, 0.1) is 6.54 Å². The molecule has 0 amide bonds. The SMILES string of the molecule is Cc1nc(CN2CCN([C@H](C)c3ccccc3)CC2)no1. The van der Waals surface area contributed by atoms with Crippen LogP contribution in [0.1, 0.15) is 30.2 Å². The van der Waals surface area contributed by atoms with E-state index >= 15 is 0 Å². The van der Waals surface area contributed by atoms with Gasteiger partial charge in [0, 0.05) is 39.1 Å². The molecule has 1 aliphatic rings. The molecule has 0 spiro atoms. The second-order valence-electron chi connectivity index (χ2n) is 5.63. The molecule has 1 aromatic heterocycles. The van der Waals surface area contributed by atoms with Crippen LogP contribution in [0.3, 0.4) is 0 Å². The number of rotatable bonds is 4. The summed E-state index contributed by atoms with van der Waals surface area (Å²) in [5.74, 6) is 1.43. The van der Waals surface area contributed by atoms with E-state index in [9.17, 15) is 0 Å². The van der Waals surface area contributed by atoms with Crippen LogP contribution < -0.4 is 0 Å². The Balaban J connectivity index is 1.53. The van der Waals surface area contributed by atoms with E-state index in [-0.39, 0.29) is 0 Å². The van der Waals surface area contributed by atoms with Gasteiger partial charge < -0.3 is 4.52 Å². The molecule has 1 atom stereocenters. The quantitative estimate of drug-likeness (QED) is 0.862. The fourth-order valence-electron chi connectivity index (χ4n) is 2.86. The van der Waals surface area contributed by atoms with Crippen molar-refractivity contribution in [2.75, 3.05) is 26.2 Å². The summed E-state index contributed by atoms with van der Waals surface area (Å²) < 4.78 is 5.03. The van der Waals surface area contributed by atoms with Gasteiger partial charge in [-0.2, -0.15) is 4.98 Å². The average molecular weight is 286 g/mol. The van der Waals surface area contributed by atoms with Crippen molar-refractivity contribution >= 4 is 0 Å². The molecule has 5 heteroatoms. The Hall–Kier alpha value is -1.72. The van der Waals surface area contributed by atoms with Crippen LogP contribution in [0.15, 0.2) is 34.9 Å². The Bertz CT molecular complexity index is 561. The standard InChI is InChI=1S/C16H22N4O/c1-13(15-6-4-3-5-7-15)20-10-8-19(9-11-20)12-16-17-14(2)21-18-16/h3-7,13H,8-12H2,1-2H3/t13-/m1/s1. The summed E-state index contributed by atoms with van der Waals surface area (Å²) in [7, 11) is 0. The van der Waals surface area contributed by atoms with E-state index in [0.717, 1.165) is 38.5 Å². The summed E-state index contributed by atoms with van der Waals surface area (Å²) in [6.07, 6.45) is 0. The molecule has 5 nitrogen and oxygen atoms in total. The van der Waals surface area contributed by atoms with Gasteiger partial charge in [0.1, 0.15) is 0 Å². The summed E-state index contributed by atoms with van der Waals surface area (Å²) >= 11 is 0. The van der Waals surface area contributed by atoms with Crippen LogP contribution >= 0.6 is 0 Å². The van der Waals surface area contributed by atoms with E-state index < -0.39 is 0 Å². The lowest BCUT2D eigenvalue weighted by atomic mass is 10.1. The van der Waals surface area contributed by atoms with E-state index in [4.69, 9.17) is 4.52 Å². The lowest BCUT2D eigenvalue weighted by Gasteiger charge is -2.37. The molecule has 21 heavy (non-hydrogen) atoms. The van der Waals surface area contributed by atoms with Crippen molar-refractivity contribution in [2.24, 2.45) is 0 Å². The van der Waals surface area contributed by atoms with Crippen LogP contribution in [-0.4, -0.2) is 46.1 Å². The van der Waals surface area contributed by atoms with Crippen molar-refractivity contribution in [3.05, 3.63) is 47.6 Å². The van der Waals surface area contributed by atoms with Crippen LogP contribution in [0, 0.1) is 6.92 Å². The van der Waals surface area contributed by atoms with Gasteiger partial charge >= 0.3 is 0 Å². The highest BCUT2D eigenvalue weighted by Gasteiger charge is 2.22. The minimum atomic E-state index is 0.473. The molecule has 112 valence electrons. The maximum absolute atomic E-state index is 5.03. The molecule has 1 saturated heterocycles. The van der Waals surface area contributed by atoms with Crippen molar-refractivity contribution in [1.29, 1.82) is 0 Å². The fourth-order valence-corrected chi connectivity index (χ4v) is 2.86. The van der Waals surface area contributed by atoms with Crippen molar-refractivity contribution < 1.29 is 4.52 Å². The molecule has 0 unspecified atom stereocenters. The van der Waals surface area contributed by atoms with Crippen molar-refractivity contribution in [2.45, 2.75) is 26.4 Å². The first-order valence-electron chi connectivity index (χ1n) is 7.53. The zero-order valence-electron chi connectivity index (χ0n) is 12.7. The number of benzene rings is 1. The normalized spacial score (nSPS) is 18.8. The number of aromatic nitrogens is 2. The molecule has 0 N–H and O–H groups in total. The molecule has 1 aliphatic heterocycles. The molecule has 0 saturated carbocycles. The minimum absolute atomic E-state index is 0.473. The Morgan fingerprint density at radius 3 is 2.48 bits per heavy atom. The summed E-state index contributed by atoms with van der Waals surface area (Å²) in [6.45, 7) is 9.14. The third kappa shape index (κ3) is 3.49. The van der Waals surface area contributed by atoms with Crippen molar-refractivity contribution in [1.82, 2.24) is 19.9 Å². The number of nitrogens with zero attached hydrogens (tertiary/aromatic N) is 4. The predicted octanol–water partition coefficient (Wildman–Crippen LogP) is 2.26. The number of aryl methyl sites for hydroxylation is 1. The summed E-state index contributed by atoms with van der Waals surface area (Å²) in [5, 5.41) is 3.97. The second-order valence-corrected chi connectivity index (χ2v) is 5.63. The molecule has 3 rings (SSSR count).